The molecular formula is C19H24N2O3S. The molecular weight excluding hydrogens is 336 g/mol. The molecule has 0 saturated carbocycles. The first-order chi connectivity index (χ1) is 11.5. The van der Waals surface area contributed by atoms with Crippen molar-refractivity contribution in [1.82, 2.24) is 5.32 Å². The van der Waals surface area contributed by atoms with E-state index in [1.54, 1.807) is 24.3 Å². The standard InChI is InChI=1S/C19H24N2O3S/c1-13-9-14(2)11-16(10-13)21-25(23,24)17-8-6-7-15(12-17)18(22)20-19(3,4)5/h6-12,21H,1-5H3,(H,20,22). The summed E-state index contributed by atoms with van der Waals surface area (Å²) in [6.45, 7) is 9.41. The summed E-state index contributed by atoms with van der Waals surface area (Å²) >= 11 is 0. The molecule has 2 N–H and O–H groups in total. The fraction of sp³-hybridized carbons (Fsp3) is 0.316. The molecule has 0 saturated heterocycles. The fourth-order valence-corrected chi connectivity index (χ4v) is 3.55. The van der Waals surface area contributed by atoms with Crippen LogP contribution in [0.3, 0.4) is 0 Å². The van der Waals surface area contributed by atoms with E-state index in [-0.39, 0.29) is 10.8 Å². The minimum atomic E-state index is -3.78. The Bertz CT molecular complexity index is 877. The normalized spacial score (nSPS) is 11.9. The van der Waals surface area contributed by atoms with Gasteiger partial charge in [0.2, 0.25) is 0 Å². The van der Waals surface area contributed by atoms with E-state index in [4.69, 9.17) is 0 Å². The number of anilines is 1. The van der Waals surface area contributed by atoms with Gasteiger partial charge in [0.05, 0.1) is 4.90 Å². The van der Waals surface area contributed by atoms with E-state index in [9.17, 15) is 13.2 Å². The second kappa shape index (κ2) is 6.88. The van der Waals surface area contributed by atoms with Crippen molar-refractivity contribution in [2.45, 2.75) is 45.1 Å². The zero-order valence-corrected chi connectivity index (χ0v) is 16.0. The van der Waals surface area contributed by atoms with Gasteiger partial charge < -0.3 is 5.32 Å². The van der Waals surface area contributed by atoms with Gasteiger partial charge in [-0.3, -0.25) is 9.52 Å². The maximum Gasteiger partial charge on any atom is 0.261 e. The van der Waals surface area contributed by atoms with Crippen LogP contribution in [-0.2, 0) is 10.0 Å². The summed E-state index contributed by atoms with van der Waals surface area (Å²) in [4.78, 5) is 12.3. The molecule has 2 aromatic rings. The molecule has 0 aromatic heterocycles. The lowest BCUT2D eigenvalue weighted by Crippen LogP contribution is -2.40. The molecule has 0 atom stereocenters. The van der Waals surface area contributed by atoms with Gasteiger partial charge in [-0.15, -0.1) is 0 Å². The monoisotopic (exact) mass is 360 g/mol. The molecule has 1 amide bonds. The minimum absolute atomic E-state index is 0.0493. The van der Waals surface area contributed by atoms with Crippen molar-refractivity contribution in [3.05, 3.63) is 59.2 Å². The first-order valence-corrected chi connectivity index (χ1v) is 9.48. The predicted molar refractivity (Wildman–Crippen MR) is 100 cm³/mol. The van der Waals surface area contributed by atoms with E-state index >= 15 is 0 Å². The Hall–Kier alpha value is -2.34. The van der Waals surface area contributed by atoms with E-state index in [1.807, 2.05) is 40.7 Å². The number of rotatable bonds is 4. The molecule has 2 rings (SSSR count). The fourth-order valence-electron chi connectivity index (χ4n) is 2.46. The second-order valence-electron chi connectivity index (χ2n) is 7.21. The molecule has 0 aliphatic heterocycles. The van der Waals surface area contributed by atoms with Crippen LogP contribution >= 0.6 is 0 Å². The number of aryl methyl sites for hydroxylation is 2. The highest BCUT2D eigenvalue weighted by atomic mass is 32.2. The molecule has 0 heterocycles. The van der Waals surface area contributed by atoms with Crippen LogP contribution in [0.5, 0.6) is 0 Å². The Morgan fingerprint density at radius 1 is 0.960 bits per heavy atom. The van der Waals surface area contributed by atoms with Crippen LogP contribution in [0, 0.1) is 13.8 Å². The van der Waals surface area contributed by atoms with Crippen molar-refractivity contribution in [2.75, 3.05) is 4.72 Å². The van der Waals surface area contributed by atoms with Crippen LogP contribution < -0.4 is 10.0 Å². The van der Waals surface area contributed by atoms with E-state index < -0.39 is 15.6 Å². The third-order valence-electron chi connectivity index (χ3n) is 3.37. The van der Waals surface area contributed by atoms with Gasteiger partial charge in [-0.2, -0.15) is 0 Å². The Balaban J connectivity index is 2.31. The smallest absolute Gasteiger partial charge is 0.261 e. The molecule has 0 bridgehead atoms. The van der Waals surface area contributed by atoms with Crippen LogP contribution in [0.15, 0.2) is 47.4 Å². The molecule has 0 unspecified atom stereocenters. The molecule has 0 aliphatic rings. The van der Waals surface area contributed by atoms with Crippen molar-refractivity contribution in [3.63, 3.8) is 0 Å². The molecule has 0 radical (unpaired) electrons. The summed E-state index contributed by atoms with van der Waals surface area (Å²) in [5.74, 6) is -0.309. The van der Waals surface area contributed by atoms with E-state index in [0.717, 1.165) is 11.1 Å². The maximum absolute atomic E-state index is 12.6. The molecule has 134 valence electrons. The highest BCUT2D eigenvalue weighted by molar-refractivity contribution is 7.92. The molecule has 0 spiro atoms. The summed E-state index contributed by atoms with van der Waals surface area (Å²) < 4.78 is 27.9. The Labute approximate surface area is 149 Å². The van der Waals surface area contributed by atoms with Gasteiger partial charge in [-0.05, 0) is 76.1 Å². The lowest BCUT2D eigenvalue weighted by Gasteiger charge is -2.20. The van der Waals surface area contributed by atoms with Crippen LogP contribution in [0.25, 0.3) is 0 Å². The molecule has 5 nitrogen and oxygen atoms in total. The lowest BCUT2D eigenvalue weighted by atomic mass is 10.1. The number of carbonyl (C=O) groups excluding carboxylic acids is 1. The Morgan fingerprint density at radius 2 is 1.56 bits per heavy atom. The highest BCUT2D eigenvalue weighted by Crippen LogP contribution is 2.20. The van der Waals surface area contributed by atoms with Crippen molar-refractivity contribution in [3.8, 4) is 0 Å². The number of benzene rings is 2. The number of hydrogen-bond donors (Lipinski definition) is 2. The quantitative estimate of drug-likeness (QED) is 0.874. The lowest BCUT2D eigenvalue weighted by molar-refractivity contribution is 0.0919. The van der Waals surface area contributed by atoms with Gasteiger partial charge in [0.1, 0.15) is 0 Å². The summed E-state index contributed by atoms with van der Waals surface area (Å²) in [5.41, 5.74) is 2.34. The third-order valence-corrected chi connectivity index (χ3v) is 4.75. The molecule has 6 heteroatoms. The molecule has 0 fully saturated rings. The average Bonchev–Trinajstić information content (AvgIpc) is 2.44. The van der Waals surface area contributed by atoms with E-state index in [1.165, 1.54) is 12.1 Å². The summed E-state index contributed by atoms with van der Waals surface area (Å²) in [7, 11) is -3.78. The van der Waals surface area contributed by atoms with Gasteiger partial charge in [-0.1, -0.05) is 12.1 Å². The Kier molecular flexibility index (Phi) is 5.23. The van der Waals surface area contributed by atoms with Crippen LogP contribution in [0.4, 0.5) is 5.69 Å². The van der Waals surface area contributed by atoms with Gasteiger partial charge in [-0.25, -0.2) is 8.42 Å². The number of carbonyl (C=O) groups is 1. The first-order valence-electron chi connectivity index (χ1n) is 8.00. The topological polar surface area (TPSA) is 75.3 Å². The zero-order valence-electron chi connectivity index (χ0n) is 15.2. The highest BCUT2D eigenvalue weighted by Gasteiger charge is 2.19. The van der Waals surface area contributed by atoms with Gasteiger partial charge in [0.25, 0.3) is 15.9 Å². The maximum atomic E-state index is 12.6. The van der Waals surface area contributed by atoms with Crippen LogP contribution in [-0.4, -0.2) is 19.9 Å². The number of hydrogen-bond acceptors (Lipinski definition) is 3. The summed E-state index contributed by atoms with van der Waals surface area (Å²) in [6, 6.07) is 11.5. The van der Waals surface area contributed by atoms with Crippen molar-refractivity contribution in [1.29, 1.82) is 0 Å². The summed E-state index contributed by atoms with van der Waals surface area (Å²) in [6.07, 6.45) is 0. The van der Waals surface area contributed by atoms with Crippen molar-refractivity contribution in [2.24, 2.45) is 0 Å². The number of nitrogens with one attached hydrogen (secondary N) is 2. The minimum Gasteiger partial charge on any atom is -0.347 e. The second-order valence-corrected chi connectivity index (χ2v) is 8.90. The molecule has 2 aromatic carbocycles. The number of amides is 1. The largest absolute Gasteiger partial charge is 0.347 e. The van der Waals surface area contributed by atoms with E-state index in [2.05, 4.69) is 10.0 Å². The SMILES string of the molecule is Cc1cc(C)cc(NS(=O)(=O)c2cccc(C(=O)NC(C)(C)C)c2)c1. The third kappa shape index (κ3) is 5.32. The molecule has 0 aliphatic carbocycles. The van der Waals surface area contributed by atoms with Crippen molar-refractivity contribution >= 4 is 21.6 Å². The predicted octanol–water partition coefficient (Wildman–Crippen LogP) is 3.63. The zero-order chi connectivity index (χ0) is 18.8. The van der Waals surface area contributed by atoms with Crippen LogP contribution in [0.1, 0.15) is 42.3 Å². The first kappa shape index (κ1) is 19.0. The van der Waals surface area contributed by atoms with Gasteiger partial charge in [0, 0.05) is 16.8 Å². The van der Waals surface area contributed by atoms with Gasteiger partial charge in [0.15, 0.2) is 0 Å². The number of sulfonamides is 1. The average molecular weight is 360 g/mol. The van der Waals surface area contributed by atoms with Crippen LogP contribution in [0.2, 0.25) is 0 Å². The summed E-state index contributed by atoms with van der Waals surface area (Å²) in [5, 5.41) is 2.82. The Morgan fingerprint density at radius 3 is 2.12 bits per heavy atom. The van der Waals surface area contributed by atoms with Crippen molar-refractivity contribution < 1.29 is 13.2 Å². The van der Waals surface area contributed by atoms with E-state index in [0.29, 0.717) is 11.3 Å². The van der Waals surface area contributed by atoms with Gasteiger partial charge >= 0.3 is 0 Å². The molecule has 25 heavy (non-hydrogen) atoms.